The van der Waals surface area contributed by atoms with E-state index in [9.17, 15) is 14.7 Å². The fraction of sp³-hybridized carbons (Fsp3) is 0.619. The van der Waals surface area contributed by atoms with Crippen LogP contribution in [-0.4, -0.2) is 67.1 Å². The quantitative estimate of drug-likeness (QED) is 0.761. The number of aromatic nitrogens is 4. The molecule has 164 valence electrons. The Bertz CT molecular complexity index is 896. The first kappa shape index (κ1) is 22.0. The molecule has 1 aliphatic heterocycles. The fourth-order valence-corrected chi connectivity index (χ4v) is 4.03. The first-order valence-electron chi connectivity index (χ1n) is 10.2. The average Bonchev–Trinajstić information content (AvgIpc) is 3.40. The van der Waals surface area contributed by atoms with Gasteiger partial charge in [0.05, 0.1) is 17.8 Å². The summed E-state index contributed by atoms with van der Waals surface area (Å²) in [6.07, 6.45) is 5.23. The van der Waals surface area contributed by atoms with Crippen molar-refractivity contribution >= 4 is 11.8 Å². The van der Waals surface area contributed by atoms with Gasteiger partial charge in [0, 0.05) is 32.4 Å². The number of carbonyl (C=O) groups excluding carboxylic acids is 2. The molecule has 2 N–H and O–H groups in total. The van der Waals surface area contributed by atoms with Crippen LogP contribution < -0.4 is 5.32 Å². The van der Waals surface area contributed by atoms with E-state index in [-0.39, 0.29) is 24.8 Å². The first-order chi connectivity index (χ1) is 14.0. The van der Waals surface area contributed by atoms with Crippen LogP contribution in [0.1, 0.15) is 52.8 Å². The number of carbonyl (C=O) groups is 2. The van der Waals surface area contributed by atoms with Gasteiger partial charge in [-0.2, -0.15) is 0 Å². The maximum atomic E-state index is 13.6. The highest BCUT2D eigenvalue weighted by Gasteiger charge is 2.45. The van der Waals surface area contributed by atoms with Crippen LogP contribution in [0, 0.1) is 5.41 Å². The Morgan fingerprint density at radius 3 is 2.40 bits per heavy atom. The highest BCUT2D eigenvalue weighted by atomic mass is 16.3. The Morgan fingerprint density at radius 1 is 1.20 bits per heavy atom. The highest BCUT2D eigenvalue weighted by Crippen LogP contribution is 2.35. The zero-order valence-corrected chi connectivity index (χ0v) is 18.5. The van der Waals surface area contributed by atoms with Crippen LogP contribution in [0.5, 0.6) is 0 Å². The van der Waals surface area contributed by atoms with Crippen molar-refractivity contribution < 1.29 is 14.7 Å². The van der Waals surface area contributed by atoms with E-state index in [0.29, 0.717) is 0 Å². The SMILES string of the molecule is CNC(=O)C1CC(O)CN1C(=O)[C@@H](n1cc(C(C)(C)n2cccc2)nn1)C(C)(C)C. The molecule has 2 aromatic rings. The Balaban J connectivity index is 1.95. The number of β-amino-alcohol motifs (C(OH)–C–C–N with tert-alkyl or cyclic N) is 1. The van der Waals surface area contributed by atoms with E-state index < -0.39 is 29.1 Å². The number of hydrogen-bond donors (Lipinski definition) is 2. The number of aliphatic hydroxyl groups excluding tert-OH is 1. The third-order valence-electron chi connectivity index (χ3n) is 5.82. The van der Waals surface area contributed by atoms with Crippen molar-refractivity contribution in [2.24, 2.45) is 5.41 Å². The molecule has 9 heteroatoms. The number of amides is 2. The smallest absolute Gasteiger partial charge is 0.248 e. The molecular weight excluding hydrogens is 384 g/mol. The van der Waals surface area contributed by atoms with Crippen molar-refractivity contribution in [3.05, 3.63) is 36.4 Å². The molecule has 0 radical (unpaired) electrons. The summed E-state index contributed by atoms with van der Waals surface area (Å²) in [5.74, 6) is -0.525. The van der Waals surface area contributed by atoms with E-state index in [0.717, 1.165) is 5.69 Å². The molecule has 2 unspecified atom stereocenters. The number of nitrogens with zero attached hydrogens (tertiary/aromatic N) is 5. The lowest BCUT2D eigenvalue weighted by molar-refractivity contribution is -0.144. The van der Waals surface area contributed by atoms with E-state index in [4.69, 9.17) is 0 Å². The predicted molar refractivity (Wildman–Crippen MR) is 112 cm³/mol. The summed E-state index contributed by atoms with van der Waals surface area (Å²) in [6.45, 7) is 10.1. The zero-order chi connectivity index (χ0) is 22.3. The molecule has 2 aromatic heterocycles. The van der Waals surface area contributed by atoms with Gasteiger partial charge in [-0.25, -0.2) is 4.68 Å². The lowest BCUT2D eigenvalue weighted by Crippen LogP contribution is -2.49. The molecule has 1 fully saturated rings. The summed E-state index contributed by atoms with van der Waals surface area (Å²) in [4.78, 5) is 27.4. The summed E-state index contributed by atoms with van der Waals surface area (Å²) in [7, 11) is 1.53. The number of hydrogen-bond acceptors (Lipinski definition) is 5. The topological polar surface area (TPSA) is 105 Å². The van der Waals surface area contributed by atoms with Crippen LogP contribution in [0.3, 0.4) is 0 Å². The summed E-state index contributed by atoms with van der Waals surface area (Å²) in [5.41, 5.74) is -0.202. The van der Waals surface area contributed by atoms with Gasteiger partial charge in [-0.1, -0.05) is 26.0 Å². The first-order valence-corrected chi connectivity index (χ1v) is 10.2. The minimum Gasteiger partial charge on any atom is -0.391 e. The van der Waals surface area contributed by atoms with Gasteiger partial charge in [0.2, 0.25) is 11.8 Å². The van der Waals surface area contributed by atoms with Crippen LogP contribution in [-0.2, 0) is 15.1 Å². The predicted octanol–water partition coefficient (Wildman–Crippen LogP) is 1.16. The second-order valence-corrected chi connectivity index (χ2v) is 9.51. The average molecular weight is 417 g/mol. The lowest BCUT2D eigenvalue weighted by Gasteiger charge is -2.34. The molecule has 3 rings (SSSR count). The second-order valence-electron chi connectivity index (χ2n) is 9.51. The van der Waals surface area contributed by atoms with Gasteiger partial charge in [-0.15, -0.1) is 5.10 Å². The molecule has 0 aliphatic carbocycles. The van der Waals surface area contributed by atoms with Crippen LogP contribution in [0.4, 0.5) is 0 Å². The monoisotopic (exact) mass is 416 g/mol. The van der Waals surface area contributed by atoms with Crippen molar-refractivity contribution in [1.29, 1.82) is 0 Å². The molecule has 3 atom stereocenters. The van der Waals surface area contributed by atoms with Crippen LogP contribution in [0.2, 0.25) is 0 Å². The Labute approximate surface area is 177 Å². The molecule has 0 spiro atoms. The van der Waals surface area contributed by atoms with Gasteiger partial charge < -0.3 is 19.9 Å². The molecular formula is C21H32N6O3. The molecule has 0 saturated carbocycles. The Kier molecular flexibility index (Phi) is 5.77. The van der Waals surface area contributed by atoms with Gasteiger partial charge in [-0.3, -0.25) is 9.59 Å². The number of aliphatic hydroxyl groups is 1. The number of rotatable bonds is 5. The summed E-state index contributed by atoms with van der Waals surface area (Å²) < 4.78 is 3.63. The number of nitrogens with one attached hydrogen (secondary N) is 1. The molecule has 1 aliphatic rings. The van der Waals surface area contributed by atoms with Gasteiger partial charge in [0.25, 0.3) is 0 Å². The zero-order valence-electron chi connectivity index (χ0n) is 18.5. The van der Waals surface area contributed by atoms with Gasteiger partial charge in [0.1, 0.15) is 17.8 Å². The molecule has 0 aromatic carbocycles. The normalized spacial score (nSPS) is 21.0. The molecule has 30 heavy (non-hydrogen) atoms. The van der Waals surface area contributed by atoms with E-state index in [1.807, 2.05) is 63.7 Å². The minimum atomic E-state index is -0.726. The summed E-state index contributed by atoms with van der Waals surface area (Å²) >= 11 is 0. The highest BCUT2D eigenvalue weighted by molar-refractivity contribution is 5.90. The maximum absolute atomic E-state index is 13.6. The maximum Gasteiger partial charge on any atom is 0.248 e. The molecule has 1 saturated heterocycles. The van der Waals surface area contributed by atoms with Crippen molar-refractivity contribution in [2.45, 2.75) is 64.8 Å². The minimum absolute atomic E-state index is 0.125. The van der Waals surface area contributed by atoms with Gasteiger partial charge in [-0.05, 0) is 31.4 Å². The number of likely N-dealkylation sites (tertiary alicyclic amines) is 1. The Morgan fingerprint density at radius 2 is 1.83 bits per heavy atom. The van der Waals surface area contributed by atoms with E-state index in [1.165, 1.54) is 11.9 Å². The van der Waals surface area contributed by atoms with Crippen molar-refractivity contribution in [1.82, 2.24) is 29.8 Å². The molecule has 3 heterocycles. The molecule has 9 nitrogen and oxygen atoms in total. The van der Waals surface area contributed by atoms with Crippen molar-refractivity contribution in [2.75, 3.05) is 13.6 Å². The number of likely N-dealkylation sites (N-methyl/N-ethyl adjacent to an activating group) is 1. The van der Waals surface area contributed by atoms with Crippen molar-refractivity contribution in [3.63, 3.8) is 0 Å². The largest absolute Gasteiger partial charge is 0.391 e. The molecule has 0 bridgehead atoms. The second kappa shape index (κ2) is 7.86. The third-order valence-corrected chi connectivity index (χ3v) is 5.82. The summed E-state index contributed by atoms with van der Waals surface area (Å²) in [6, 6.07) is 2.54. The van der Waals surface area contributed by atoms with Crippen LogP contribution >= 0.6 is 0 Å². The van der Waals surface area contributed by atoms with Crippen LogP contribution in [0.25, 0.3) is 0 Å². The molecule has 2 amide bonds. The lowest BCUT2D eigenvalue weighted by atomic mass is 9.85. The van der Waals surface area contributed by atoms with Gasteiger partial charge in [0.15, 0.2) is 0 Å². The van der Waals surface area contributed by atoms with Crippen molar-refractivity contribution in [3.8, 4) is 0 Å². The third kappa shape index (κ3) is 3.98. The standard InChI is InChI=1S/C21H32N6O3/c1-20(2,3)17(19(30)26-12-14(28)11-15(26)18(29)22-6)27-13-16(23-24-27)21(4,5)25-9-7-8-10-25/h7-10,13-15,17,28H,11-12H2,1-6H3,(H,22,29)/t14?,15?,17-/m1/s1. The van der Waals surface area contributed by atoms with Crippen LogP contribution in [0.15, 0.2) is 30.7 Å². The van der Waals surface area contributed by atoms with E-state index >= 15 is 0 Å². The summed E-state index contributed by atoms with van der Waals surface area (Å²) in [5, 5.41) is 21.4. The van der Waals surface area contributed by atoms with Gasteiger partial charge >= 0.3 is 0 Å². The van der Waals surface area contributed by atoms with E-state index in [2.05, 4.69) is 15.6 Å². The Hall–Kier alpha value is -2.68. The fourth-order valence-electron chi connectivity index (χ4n) is 4.03. The van der Waals surface area contributed by atoms with E-state index in [1.54, 1.807) is 10.9 Å².